The van der Waals surface area contributed by atoms with E-state index in [-0.39, 0.29) is 0 Å². The highest BCUT2D eigenvalue weighted by Crippen LogP contribution is 2.17. The lowest BCUT2D eigenvalue weighted by molar-refractivity contribution is -0.159. The second-order valence-electron chi connectivity index (χ2n) is 7.46. The van der Waals surface area contributed by atoms with E-state index in [2.05, 4.69) is 64.8 Å². The van der Waals surface area contributed by atoms with Crippen molar-refractivity contribution in [2.24, 2.45) is 0 Å². The molecule has 1 fully saturated rings. The molecule has 0 bridgehead atoms. The van der Waals surface area contributed by atoms with Gasteiger partial charge >= 0.3 is 11.9 Å². The Morgan fingerprint density at radius 3 is 2.26 bits per heavy atom. The van der Waals surface area contributed by atoms with Gasteiger partial charge in [0.05, 0.1) is 6.61 Å². The molecule has 0 saturated carbocycles. The number of carboxylic acids is 2. The van der Waals surface area contributed by atoms with Gasteiger partial charge in [-0.25, -0.2) is 9.59 Å². The minimum atomic E-state index is -1.82. The average molecular weight is 429 g/mol. The van der Waals surface area contributed by atoms with Crippen LogP contribution in [0, 0.1) is 0 Å². The molecule has 1 saturated heterocycles. The summed E-state index contributed by atoms with van der Waals surface area (Å²) in [7, 11) is 0. The molecule has 1 aliphatic heterocycles. The largest absolute Gasteiger partial charge is 0.494 e. The molecule has 3 N–H and O–H groups in total. The highest BCUT2D eigenvalue weighted by molar-refractivity contribution is 6.27. The van der Waals surface area contributed by atoms with E-state index in [0.717, 1.165) is 38.4 Å². The minimum Gasteiger partial charge on any atom is -0.494 e. The van der Waals surface area contributed by atoms with Gasteiger partial charge in [-0.2, -0.15) is 0 Å². The van der Waals surface area contributed by atoms with E-state index in [0.29, 0.717) is 0 Å². The summed E-state index contributed by atoms with van der Waals surface area (Å²) in [6.07, 6.45) is 5.08. The molecule has 31 heavy (non-hydrogen) atoms. The van der Waals surface area contributed by atoms with Gasteiger partial charge in [-0.1, -0.05) is 48.9 Å². The first-order valence-electron chi connectivity index (χ1n) is 10.7. The number of aliphatic carboxylic acids is 2. The van der Waals surface area contributed by atoms with Gasteiger partial charge in [0, 0.05) is 13.1 Å². The van der Waals surface area contributed by atoms with Gasteiger partial charge in [-0.3, -0.25) is 4.90 Å². The molecule has 0 amide bonds. The SMILES string of the molecule is O=C(O)C(=O)O.c1ccc(CNCCCOc2cccc(CN3CCCCC3)c2)cc1. The number of hydrogen-bond acceptors (Lipinski definition) is 5. The topological polar surface area (TPSA) is 99.1 Å². The maximum absolute atomic E-state index is 9.10. The van der Waals surface area contributed by atoms with Crippen molar-refractivity contribution in [1.82, 2.24) is 10.2 Å². The van der Waals surface area contributed by atoms with Crippen molar-refractivity contribution >= 4 is 11.9 Å². The Morgan fingerprint density at radius 1 is 0.903 bits per heavy atom. The van der Waals surface area contributed by atoms with Crippen molar-refractivity contribution in [3.05, 3.63) is 65.7 Å². The predicted molar refractivity (Wildman–Crippen MR) is 119 cm³/mol. The van der Waals surface area contributed by atoms with Crippen LogP contribution in [0.1, 0.15) is 36.8 Å². The van der Waals surface area contributed by atoms with Gasteiger partial charge in [0.15, 0.2) is 0 Å². The molecule has 168 valence electrons. The van der Waals surface area contributed by atoms with Crippen LogP contribution >= 0.6 is 0 Å². The summed E-state index contributed by atoms with van der Waals surface area (Å²) in [4.78, 5) is 20.8. The number of carbonyl (C=O) groups is 2. The van der Waals surface area contributed by atoms with Crippen molar-refractivity contribution in [3.8, 4) is 5.75 Å². The lowest BCUT2D eigenvalue weighted by Crippen LogP contribution is -2.29. The summed E-state index contributed by atoms with van der Waals surface area (Å²) in [5, 5.41) is 18.2. The molecule has 2 aromatic carbocycles. The van der Waals surface area contributed by atoms with Gasteiger partial charge < -0.3 is 20.3 Å². The first kappa shape index (κ1) is 24.4. The quantitative estimate of drug-likeness (QED) is 0.416. The molecule has 3 rings (SSSR count). The van der Waals surface area contributed by atoms with E-state index < -0.39 is 11.9 Å². The zero-order valence-electron chi connectivity index (χ0n) is 17.8. The van der Waals surface area contributed by atoms with E-state index >= 15 is 0 Å². The molecule has 0 spiro atoms. The molecule has 0 radical (unpaired) electrons. The molecule has 0 aromatic heterocycles. The summed E-state index contributed by atoms with van der Waals surface area (Å²) in [6.45, 7) is 6.18. The third-order valence-corrected chi connectivity index (χ3v) is 4.87. The van der Waals surface area contributed by atoms with Gasteiger partial charge in [0.2, 0.25) is 0 Å². The van der Waals surface area contributed by atoms with Crippen molar-refractivity contribution in [3.63, 3.8) is 0 Å². The summed E-state index contributed by atoms with van der Waals surface area (Å²) in [6, 6.07) is 19.1. The van der Waals surface area contributed by atoms with Crippen molar-refractivity contribution in [2.75, 3.05) is 26.2 Å². The fraction of sp³-hybridized carbons (Fsp3) is 0.417. The van der Waals surface area contributed by atoms with Crippen LogP contribution in [0.3, 0.4) is 0 Å². The van der Waals surface area contributed by atoms with Crippen LogP contribution in [0.15, 0.2) is 54.6 Å². The number of nitrogens with zero attached hydrogens (tertiary/aromatic N) is 1. The molecule has 0 aliphatic carbocycles. The van der Waals surface area contributed by atoms with Gasteiger partial charge in [-0.05, 0) is 62.2 Å². The lowest BCUT2D eigenvalue weighted by atomic mass is 10.1. The Kier molecular flexibility index (Phi) is 11.1. The van der Waals surface area contributed by atoms with Crippen LogP contribution in [0.25, 0.3) is 0 Å². The number of piperidine rings is 1. The Morgan fingerprint density at radius 2 is 1.58 bits per heavy atom. The fourth-order valence-corrected chi connectivity index (χ4v) is 3.33. The number of nitrogens with one attached hydrogen (secondary N) is 1. The van der Waals surface area contributed by atoms with Crippen LogP contribution in [0.4, 0.5) is 0 Å². The molecule has 1 heterocycles. The van der Waals surface area contributed by atoms with E-state index in [1.165, 1.54) is 43.5 Å². The van der Waals surface area contributed by atoms with E-state index in [1.807, 2.05) is 0 Å². The molecule has 0 atom stereocenters. The third kappa shape index (κ3) is 10.6. The molecule has 7 heteroatoms. The maximum Gasteiger partial charge on any atom is 0.414 e. The molecular weight excluding hydrogens is 396 g/mol. The highest BCUT2D eigenvalue weighted by atomic mass is 16.5. The average Bonchev–Trinajstić information content (AvgIpc) is 2.78. The second-order valence-corrected chi connectivity index (χ2v) is 7.46. The number of likely N-dealkylation sites (tertiary alicyclic amines) is 1. The standard InChI is InChI=1S/C22H30N2O.C2H2O4/c1-3-9-20(10-4-1)18-23-13-8-16-25-22-12-7-11-21(17-22)19-24-14-5-2-6-15-24;3-1(4)2(5)6/h1,3-4,7,9-12,17,23H,2,5-6,8,13-16,18-19H2;(H,3,4)(H,5,6). The van der Waals surface area contributed by atoms with Gasteiger partial charge in [-0.15, -0.1) is 0 Å². The van der Waals surface area contributed by atoms with Crippen LogP contribution in [0.2, 0.25) is 0 Å². The number of ether oxygens (including phenoxy) is 1. The first-order chi connectivity index (χ1) is 15.0. The number of rotatable bonds is 9. The smallest absolute Gasteiger partial charge is 0.414 e. The van der Waals surface area contributed by atoms with E-state index in [1.54, 1.807) is 0 Å². The molecule has 1 aliphatic rings. The Balaban J connectivity index is 0.000000501. The number of benzene rings is 2. The molecule has 0 unspecified atom stereocenters. The van der Waals surface area contributed by atoms with Gasteiger partial charge in [0.1, 0.15) is 5.75 Å². The predicted octanol–water partition coefficient (Wildman–Crippen LogP) is 3.39. The highest BCUT2D eigenvalue weighted by Gasteiger charge is 2.10. The molecule has 2 aromatic rings. The zero-order chi connectivity index (χ0) is 22.3. The Hall–Kier alpha value is -2.90. The minimum absolute atomic E-state index is 0.759. The Labute approximate surface area is 183 Å². The normalized spacial score (nSPS) is 13.7. The van der Waals surface area contributed by atoms with Crippen molar-refractivity contribution in [1.29, 1.82) is 0 Å². The van der Waals surface area contributed by atoms with E-state index in [4.69, 9.17) is 24.5 Å². The first-order valence-corrected chi connectivity index (χ1v) is 10.7. The number of hydrogen-bond donors (Lipinski definition) is 3. The van der Waals surface area contributed by atoms with Crippen LogP contribution < -0.4 is 10.1 Å². The van der Waals surface area contributed by atoms with Crippen LogP contribution in [0.5, 0.6) is 5.75 Å². The Bertz CT molecular complexity index is 780. The van der Waals surface area contributed by atoms with Crippen LogP contribution in [-0.4, -0.2) is 53.3 Å². The maximum atomic E-state index is 9.10. The van der Waals surface area contributed by atoms with Crippen molar-refractivity contribution in [2.45, 2.75) is 38.8 Å². The summed E-state index contributed by atoms with van der Waals surface area (Å²) in [5.41, 5.74) is 2.69. The fourth-order valence-electron chi connectivity index (χ4n) is 3.33. The lowest BCUT2D eigenvalue weighted by Gasteiger charge is -2.26. The van der Waals surface area contributed by atoms with Crippen LogP contribution in [-0.2, 0) is 22.7 Å². The van der Waals surface area contributed by atoms with E-state index in [9.17, 15) is 0 Å². The zero-order valence-corrected chi connectivity index (χ0v) is 17.8. The third-order valence-electron chi connectivity index (χ3n) is 4.87. The monoisotopic (exact) mass is 428 g/mol. The summed E-state index contributed by atoms with van der Waals surface area (Å²) < 4.78 is 5.93. The summed E-state index contributed by atoms with van der Waals surface area (Å²) >= 11 is 0. The second kappa shape index (κ2) is 14.2. The molecular formula is C24H32N2O5. The molecule has 7 nitrogen and oxygen atoms in total. The van der Waals surface area contributed by atoms with Crippen molar-refractivity contribution < 1.29 is 24.5 Å². The van der Waals surface area contributed by atoms with Gasteiger partial charge in [0.25, 0.3) is 0 Å². The summed E-state index contributed by atoms with van der Waals surface area (Å²) in [5.74, 6) is -2.65. The number of carboxylic acid groups (broad SMARTS) is 2.